The van der Waals surface area contributed by atoms with Gasteiger partial charge < -0.3 is 24.7 Å². The molecule has 0 radical (unpaired) electrons. The van der Waals surface area contributed by atoms with Crippen LogP contribution in [-0.2, 0) is 11.2 Å². The fraction of sp³-hybridized carbons (Fsp3) is 0.200. The van der Waals surface area contributed by atoms with Gasteiger partial charge in [-0.15, -0.1) is 0 Å². The highest BCUT2D eigenvalue weighted by Gasteiger charge is 2.25. The van der Waals surface area contributed by atoms with Crippen LogP contribution in [0.3, 0.4) is 0 Å². The topological polar surface area (TPSA) is 109 Å². The molecule has 1 aromatic heterocycles. The molecule has 0 unspecified atom stereocenters. The van der Waals surface area contributed by atoms with Crippen molar-refractivity contribution in [1.29, 1.82) is 0 Å². The molecule has 7 heteroatoms. The van der Waals surface area contributed by atoms with E-state index in [4.69, 9.17) is 9.15 Å². The van der Waals surface area contributed by atoms with Gasteiger partial charge in [-0.1, -0.05) is 12.1 Å². The van der Waals surface area contributed by atoms with E-state index in [0.717, 1.165) is 5.39 Å². The maximum Gasteiger partial charge on any atom is 0.326 e. The molecule has 3 aromatic rings. The molecule has 140 valence electrons. The third kappa shape index (κ3) is 3.87. The molecule has 0 bridgehead atoms. The van der Waals surface area contributed by atoms with E-state index in [1.165, 1.54) is 19.2 Å². The van der Waals surface area contributed by atoms with Crippen LogP contribution in [0.1, 0.15) is 21.7 Å². The van der Waals surface area contributed by atoms with Crippen molar-refractivity contribution in [1.82, 2.24) is 5.32 Å². The van der Waals surface area contributed by atoms with E-state index in [0.29, 0.717) is 22.5 Å². The Kier molecular flexibility index (Phi) is 5.03. The van der Waals surface area contributed by atoms with E-state index in [9.17, 15) is 19.8 Å². The largest absolute Gasteiger partial charge is 0.508 e. The van der Waals surface area contributed by atoms with Crippen LogP contribution in [0.4, 0.5) is 0 Å². The minimum Gasteiger partial charge on any atom is -0.508 e. The summed E-state index contributed by atoms with van der Waals surface area (Å²) in [6.07, 6.45) is 0.0778. The first-order chi connectivity index (χ1) is 12.9. The normalized spacial score (nSPS) is 11.9. The van der Waals surface area contributed by atoms with Gasteiger partial charge in [0.15, 0.2) is 5.76 Å². The van der Waals surface area contributed by atoms with Gasteiger partial charge in [-0.2, -0.15) is 0 Å². The molecule has 0 aliphatic rings. The molecule has 2 aromatic carbocycles. The number of carbonyl (C=O) groups excluding carboxylic acids is 1. The second kappa shape index (κ2) is 7.41. The maximum absolute atomic E-state index is 12.6. The highest BCUT2D eigenvalue weighted by atomic mass is 16.5. The average Bonchev–Trinajstić information content (AvgIpc) is 2.98. The van der Waals surface area contributed by atoms with Gasteiger partial charge in [0.05, 0.1) is 7.11 Å². The fourth-order valence-corrected chi connectivity index (χ4v) is 2.84. The molecule has 1 atom stereocenters. The van der Waals surface area contributed by atoms with Crippen LogP contribution in [0.2, 0.25) is 0 Å². The summed E-state index contributed by atoms with van der Waals surface area (Å²) >= 11 is 0. The summed E-state index contributed by atoms with van der Waals surface area (Å²) in [6.45, 7) is 1.74. The highest BCUT2D eigenvalue weighted by Crippen LogP contribution is 2.28. The second-order valence-electron chi connectivity index (χ2n) is 6.15. The molecular weight excluding hydrogens is 350 g/mol. The summed E-state index contributed by atoms with van der Waals surface area (Å²) in [5, 5.41) is 22.0. The molecule has 0 aliphatic heterocycles. The van der Waals surface area contributed by atoms with Crippen molar-refractivity contribution in [2.45, 2.75) is 19.4 Å². The van der Waals surface area contributed by atoms with Crippen molar-refractivity contribution in [2.24, 2.45) is 0 Å². The Morgan fingerprint density at radius 3 is 2.52 bits per heavy atom. The smallest absolute Gasteiger partial charge is 0.326 e. The number of aliphatic carboxylic acids is 1. The Balaban J connectivity index is 1.83. The maximum atomic E-state index is 12.6. The van der Waals surface area contributed by atoms with E-state index < -0.39 is 17.9 Å². The zero-order valence-corrected chi connectivity index (χ0v) is 14.9. The van der Waals surface area contributed by atoms with Crippen LogP contribution in [0, 0.1) is 6.92 Å². The summed E-state index contributed by atoms with van der Waals surface area (Å²) in [5.74, 6) is -1.02. The third-order valence-electron chi connectivity index (χ3n) is 4.33. The Hall–Kier alpha value is -3.48. The molecule has 3 N–H and O–H groups in total. The van der Waals surface area contributed by atoms with E-state index in [1.54, 1.807) is 37.3 Å². The fourth-order valence-electron chi connectivity index (χ4n) is 2.84. The van der Waals surface area contributed by atoms with Crippen LogP contribution >= 0.6 is 0 Å². The number of carbonyl (C=O) groups is 2. The summed E-state index contributed by atoms with van der Waals surface area (Å²) in [7, 11) is 1.53. The number of phenols is 1. The van der Waals surface area contributed by atoms with Gasteiger partial charge in [0.2, 0.25) is 0 Å². The molecule has 0 saturated carbocycles. The van der Waals surface area contributed by atoms with Crippen molar-refractivity contribution < 1.29 is 29.0 Å². The van der Waals surface area contributed by atoms with Gasteiger partial charge in [0, 0.05) is 23.4 Å². The molecule has 1 amide bonds. The quantitative estimate of drug-likeness (QED) is 0.616. The van der Waals surface area contributed by atoms with E-state index in [2.05, 4.69) is 5.32 Å². The molecule has 0 aliphatic carbocycles. The number of furan rings is 1. The Morgan fingerprint density at radius 1 is 1.19 bits per heavy atom. The molecule has 0 fully saturated rings. The Morgan fingerprint density at radius 2 is 1.89 bits per heavy atom. The number of hydrogen-bond donors (Lipinski definition) is 3. The number of amides is 1. The number of carboxylic acid groups (broad SMARTS) is 1. The lowest BCUT2D eigenvalue weighted by Gasteiger charge is -2.14. The second-order valence-corrected chi connectivity index (χ2v) is 6.15. The summed E-state index contributed by atoms with van der Waals surface area (Å²) in [6, 6.07) is 10.2. The minimum atomic E-state index is -1.16. The van der Waals surface area contributed by atoms with Crippen LogP contribution < -0.4 is 10.1 Å². The molecule has 0 spiro atoms. The van der Waals surface area contributed by atoms with E-state index in [-0.39, 0.29) is 17.9 Å². The molecule has 3 rings (SSSR count). The van der Waals surface area contributed by atoms with Crippen LogP contribution in [0.5, 0.6) is 11.5 Å². The Labute approximate surface area is 155 Å². The van der Waals surface area contributed by atoms with Gasteiger partial charge >= 0.3 is 5.97 Å². The first-order valence-electron chi connectivity index (χ1n) is 8.27. The van der Waals surface area contributed by atoms with Crippen LogP contribution in [0.15, 0.2) is 46.9 Å². The molecular formula is C20H19NO6. The third-order valence-corrected chi connectivity index (χ3v) is 4.33. The zero-order valence-electron chi connectivity index (χ0n) is 14.9. The minimum absolute atomic E-state index is 0.0650. The number of rotatable bonds is 6. The first-order valence-corrected chi connectivity index (χ1v) is 8.27. The van der Waals surface area contributed by atoms with Crippen molar-refractivity contribution in [3.8, 4) is 11.5 Å². The van der Waals surface area contributed by atoms with Crippen molar-refractivity contribution >= 4 is 22.8 Å². The summed E-state index contributed by atoms with van der Waals surface area (Å²) in [4.78, 5) is 24.2. The average molecular weight is 369 g/mol. The number of nitrogens with one attached hydrogen (secondary N) is 1. The van der Waals surface area contributed by atoms with Crippen molar-refractivity contribution in [3.63, 3.8) is 0 Å². The van der Waals surface area contributed by atoms with Gasteiger partial charge in [-0.25, -0.2) is 4.79 Å². The number of methoxy groups -OCH3 is 1. The van der Waals surface area contributed by atoms with Crippen LogP contribution in [-0.4, -0.2) is 35.2 Å². The number of ether oxygens (including phenoxy) is 1. The molecule has 1 heterocycles. The van der Waals surface area contributed by atoms with Gasteiger partial charge in [-0.05, 0) is 36.8 Å². The molecule has 7 nitrogen and oxygen atoms in total. The zero-order chi connectivity index (χ0) is 19.6. The lowest BCUT2D eigenvalue weighted by molar-refractivity contribution is -0.139. The first kappa shape index (κ1) is 18.3. The van der Waals surface area contributed by atoms with Crippen LogP contribution in [0.25, 0.3) is 11.0 Å². The number of aromatic hydroxyl groups is 1. The van der Waals surface area contributed by atoms with E-state index >= 15 is 0 Å². The van der Waals surface area contributed by atoms with Gasteiger partial charge in [0.25, 0.3) is 5.91 Å². The highest BCUT2D eigenvalue weighted by molar-refractivity contribution is 6.00. The van der Waals surface area contributed by atoms with Crippen molar-refractivity contribution in [2.75, 3.05) is 7.11 Å². The van der Waals surface area contributed by atoms with Gasteiger partial charge in [-0.3, -0.25) is 4.79 Å². The molecule has 27 heavy (non-hydrogen) atoms. The lowest BCUT2D eigenvalue weighted by Crippen LogP contribution is -2.42. The summed E-state index contributed by atoms with van der Waals surface area (Å²) in [5.41, 5.74) is 1.79. The standard InChI is InChI=1S/C20H19NO6/c1-11-15-8-7-14(26-2)10-17(15)27-18(11)19(23)21-16(20(24)25)9-12-3-5-13(22)6-4-12/h3-8,10,16,22H,9H2,1-2H3,(H,21,23)(H,24,25)/t16-/m1/s1. The predicted molar refractivity (Wildman–Crippen MR) is 98.2 cm³/mol. The SMILES string of the molecule is COc1ccc2c(C)c(C(=O)N[C@H](Cc3ccc(O)cc3)C(=O)O)oc2c1. The van der Waals surface area contributed by atoms with E-state index in [1.807, 2.05) is 0 Å². The lowest BCUT2D eigenvalue weighted by atomic mass is 10.1. The number of phenolic OH excluding ortho intramolecular Hbond substituents is 1. The summed E-state index contributed by atoms with van der Waals surface area (Å²) < 4.78 is 10.8. The monoisotopic (exact) mass is 369 g/mol. The van der Waals surface area contributed by atoms with Gasteiger partial charge in [0.1, 0.15) is 23.1 Å². The predicted octanol–water partition coefficient (Wildman–Crippen LogP) is 2.88. The molecule has 0 saturated heterocycles. The Bertz CT molecular complexity index is 990. The number of fused-ring (bicyclic) bond motifs is 1. The number of benzene rings is 2. The number of aryl methyl sites for hydroxylation is 1. The number of carboxylic acids is 1. The van der Waals surface area contributed by atoms with Crippen molar-refractivity contribution in [3.05, 3.63) is 59.4 Å². The number of hydrogen-bond acceptors (Lipinski definition) is 5.